The second-order valence-corrected chi connectivity index (χ2v) is 4.53. The van der Waals surface area contributed by atoms with Crippen LogP contribution in [0.1, 0.15) is 10.4 Å². The fourth-order valence-corrected chi connectivity index (χ4v) is 2.30. The van der Waals surface area contributed by atoms with Crippen molar-refractivity contribution in [1.29, 1.82) is 0 Å². The summed E-state index contributed by atoms with van der Waals surface area (Å²) in [7, 11) is 0. The van der Waals surface area contributed by atoms with Gasteiger partial charge in [0.25, 0.3) is 0 Å². The van der Waals surface area contributed by atoms with Gasteiger partial charge in [0.1, 0.15) is 0 Å². The Hall–Kier alpha value is -2.21. The topological polar surface area (TPSA) is 84.4 Å². The molecule has 0 saturated heterocycles. The van der Waals surface area contributed by atoms with E-state index >= 15 is 0 Å². The van der Waals surface area contributed by atoms with Crippen molar-refractivity contribution in [2.75, 3.05) is 5.73 Å². The summed E-state index contributed by atoms with van der Waals surface area (Å²) in [6.07, 6.45) is 5.22. The molecule has 17 heavy (non-hydrogen) atoms. The third-order valence-electron chi connectivity index (χ3n) is 2.36. The standard InChI is InChI=1S/C11H8N4OS/c12-11-15-10(16)8(17-11)4-6-5-14-9-7(6)2-1-3-13-9/h1-5,16H,(H2,12,15). The van der Waals surface area contributed by atoms with Crippen LogP contribution in [0.5, 0.6) is 5.88 Å². The average molecular weight is 244 g/mol. The Balaban J connectivity index is 2.08. The highest BCUT2D eigenvalue weighted by Crippen LogP contribution is 2.34. The number of aromatic nitrogens is 2. The van der Waals surface area contributed by atoms with Crippen molar-refractivity contribution in [2.45, 2.75) is 0 Å². The van der Waals surface area contributed by atoms with E-state index in [9.17, 15) is 5.11 Å². The van der Waals surface area contributed by atoms with Gasteiger partial charge in [0.05, 0.1) is 4.88 Å². The number of pyridine rings is 1. The summed E-state index contributed by atoms with van der Waals surface area (Å²) in [4.78, 5) is 12.7. The van der Waals surface area contributed by atoms with Gasteiger partial charge in [-0.1, -0.05) is 11.3 Å². The maximum absolute atomic E-state index is 9.55. The normalized spacial score (nSPS) is 15.4. The molecular weight excluding hydrogens is 236 g/mol. The number of nitrogens with two attached hydrogens (primary N) is 1. The minimum absolute atomic E-state index is 0.0502. The SMILES string of the molecule is Nc1nc(O)c(C=C2C=Nc3ncccc32)s1. The highest BCUT2D eigenvalue weighted by atomic mass is 32.1. The van der Waals surface area contributed by atoms with Crippen LogP contribution in [0.25, 0.3) is 11.6 Å². The van der Waals surface area contributed by atoms with Gasteiger partial charge in [-0.2, -0.15) is 4.98 Å². The minimum Gasteiger partial charge on any atom is -0.492 e. The van der Waals surface area contributed by atoms with E-state index in [1.54, 1.807) is 18.5 Å². The van der Waals surface area contributed by atoms with Crippen LogP contribution in [0.2, 0.25) is 0 Å². The van der Waals surface area contributed by atoms with Crippen LogP contribution in [-0.4, -0.2) is 21.3 Å². The Kier molecular flexibility index (Phi) is 2.15. The molecule has 0 unspecified atom stereocenters. The van der Waals surface area contributed by atoms with Gasteiger partial charge < -0.3 is 10.8 Å². The van der Waals surface area contributed by atoms with Crippen LogP contribution in [0, 0.1) is 0 Å². The number of thiazole rings is 1. The smallest absolute Gasteiger partial charge is 0.231 e. The largest absolute Gasteiger partial charge is 0.492 e. The van der Waals surface area contributed by atoms with E-state index in [1.807, 2.05) is 12.1 Å². The van der Waals surface area contributed by atoms with E-state index in [4.69, 9.17) is 5.73 Å². The van der Waals surface area contributed by atoms with Crippen LogP contribution in [0.4, 0.5) is 10.9 Å². The average Bonchev–Trinajstić information content (AvgIpc) is 2.85. The summed E-state index contributed by atoms with van der Waals surface area (Å²) >= 11 is 1.23. The number of rotatable bonds is 1. The zero-order chi connectivity index (χ0) is 11.8. The molecule has 3 rings (SSSR count). The van der Waals surface area contributed by atoms with Gasteiger partial charge in [-0.15, -0.1) is 0 Å². The number of fused-ring (bicyclic) bond motifs is 1. The van der Waals surface area contributed by atoms with Gasteiger partial charge in [0, 0.05) is 23.5 Å². The molecule has 3 N–H and O–H groups in total. The first-order valence-corrected chi connectivity index (χ1v) is 5.72. The summed E-state index contributed by atoms with van der Waals surface area (Å²) in [6.45, 7) is 0. The van der Waals surface area contributed by atoms with Crippen molar-refractivity contribution < 1.29 is 5.11 Å². The monoisotopic (exact) mass is 244 g/mol. The summed E-state index contributed by atoms with van der Waals surface area (Å²) in [5.41, 5.74) is 7.36. The van der Waals surface area contributed by atoms with Crippen LogP contribution >= 0.6 is 11.3 Å². The van der Waals surface area contributed by atoms with Crippen molar-refractivity contribution in [1.82, 2.24) is 9.97 Å². The molecule has 0 saturated carbocycles. The predicted octanol–water partition coefficient (Wildman–Crippen LogP) is 2.08. The van der Waals surface area contributed by atoms with Gasteiger partial charge in [0.15, 0.2) is 10.9 Å². The first-order valence-electron chi connectivity index (χ1n) is 4.90. The summed E-state index contributed by atoms with van der Waals surface area (Å²) in [6, 6.07) is 3.78. The first-order chi connectivity index (χ1) is 8.24. The molecule has 0 radical (unpaired) electrons. The number of hydrogen-bond acceptors (Lipinski definition) is 6. The van der Waals surface area contributed by atoms with Crippen molar-refractivity contribution >= 4 is 40.1 Å². The third kappa shape index (κ3) is 1.68. The van der Waals surface area contributed by atoms with E-state index in [-0.39, 0.29) is 5.88 Å². The lowest BCUT2D eigenvalue weighted by molar-refractivity contribution is 0.457. The molecule has 84 valence electrons. The Morgan fingerprint density at radius 3 is 3.06 bits per heavy atom. The van der Waals surface area contributed by atoms with Gasteiger partial charge in [-0.25, -0.2) is 9.98 Å². The molecule has 0 aliphatic carbocycles. The molecule has 5 nitrogen and oxygen atoms in total. The van der Waals surface area contributed by atoms with Crippen molar-refractivity contribution in [3.05, 3.63) is 28.8 Å². The third-order valence-corrected chi connectivity index (χ3v) is 3.18. The second-order valence-electron chi connectivity index (χ2n) is 3.47. The molecule has 2 aromatic rings. The number of nitrogens with zero attached hydrogens (tertiary/aromatic N) is 3. The van der Waals surface area contributed by atoms with Crippen LogP contribution in [0.15, 0.2) is 23.3 Å². The summed E-state index contributed by atoms with van der Waals surface area (Å²) < 4.78 is 0. The fraction of sp³-hybridized carbons (Fsp3) is 0. The van der Waals surface area contributed by atoms with E-state index in [0.29, 0.717) is 15.8 Å². The van der Waals surface area contributed by atoms with Crippen molar-refractivity contribution in [2.24, 2.45) is 4.99 Å². The quantitative estimate of drug-likeness (QED) is 0.804. The van der Waals surface area contributed by atoms with Gasteiger partial charge >= 0.3 is 0 Å². The van der Waals surface area contributed by atoms with Gasteiger partial charge in [-0.05, 0) is 18.2 Å². The molecule has 1 aliphatic heterocycles. The van der Waals surface area contributed by atoms with Crippen molar-refractivity contribution in [3.8, 4) is 5.88 Å². The molecule has 0 bridgehead atoms. The first kappa shape index (κ1) is 9.98. The molecule has 0 amide bonds. The van der Waals surface area contributed by atoms with Gasteiger partial charge in [-0.3, -0.25) is 0 Å². The van der Waals surface area contributed by atoms with Crippen LogP contribution in [0.3, 0.4) is 0 Å². The lowest BCUT2D eigenvalue weighted by Crippen LogP contribution is -1.80. The number of nitrogen functional groups attached to an aromatic ring is 1. The van der Waals surface area contributed by atoms with E-state index in [2.05, 4.69) is 15.0 Å². The maximum Gasteiger partial charge on any atom is 0.231 e. The molecule has 0 fully saturated rings. The Bertz CT molecular complexity index is 645. The highest BCUT2D eigenvalue weighted by molar-refractivity contribution is 7.16. The fourth-order valence-electron chi connectivity index (χ4n) is 1.62. The maximum atomic E-state index is 9.55. The highest BCUT2D eigenvalue weighted by Gasteiger charge is 2.14. The van der Waals surface area contributed by atoms with Crippen LogP contribution in [-0.2, 0) is 0 Å². The molecule has 2 aromatic heterocycles. The Morgan fingerprint density at radius 1 is 1.41 bits per heavy atom. The van der Waals surface area contributed by atoms with E-state index in [1.165, 1.54) is 11.3 Å². The number of aromatic hydroxyl groups is 1. The predicted molar refractivity (Wildman–Crippen MR) is 68.5 cm³/mol. The lowest BCUT2D eigenvalue weighted by Gasteiger charge is -1.96. The Labute approximate surface area is 101 Å². The molecule has 6 heteroatoms. The Morgan fingerprint density at radius 2 is 2.29 bits per heavy atom. The molecule has 0 spiro atoms. The summed E-state index contributed by atoms with van der Waals surface area (Å²) in [5.74, 6) is 0.640. The molecule has 3 heterocycles. The van der Waals surface area contributed by atoms with E-state index < -0.39 is 0 Å². The number of hydrogen-bond donors (Lipinski definition) is 2. The zero-order valence-electron chi connectivity index (χ0n) is 8.66. The number of allylic oxidation sites excluding steroid dienone is 1. The minimum atomic E-state index is -0.0502. The van der Waals surface area contributed by atoms with Crippen molar-refractivity contribution in [3.63, 3.8) is 0 Å². The molecule has 1 aliphatic rings. The lowest BCUT2D eigenvalue weighted by atomic mass is 10.1. The summed E-state index contributed by atoms with van der Waals surface area (Å²) in [5, 5.41) is 9.90. The van der Waals surface area contributed by atoms with E-state index in [0.717, 1.165) is 11.1 Å². The molecular formula is C11H8N4OS. The number of aliphatic imine (C=N–C) groups is 1. The second kappa shape index (κ2) is 3.67. The molecule has 0 aromatic carbocycles. The van der Waals surface area contributed by atoms with Gasteiger partial charge in [0.2, 0.25) is 5.88 Å². The number of anilines is 1. The van der Waals surface area contributed by atoms with Crippen LogP contribution < -0.4 is 5.73 Å². The zero-order valence-corrected chi connectivity index (χ0v) is 9.48. The molecule has 0 atom stereocenters.